The highest BCUT2D eigenvalue weighted by Crippen LogP contribution is 2.19. The van der Waals surface area contributed by atoms with Gasteiger partial charge in [0, 0.05) is 13.1 Å². The molecule has 0 atom stereocenters. The first-order valence-electron chi connectivity index (χ1n) is 3.45. The Balaban J connectivity index is 3.01. The van der Waals surface area contributed by atoms with E-state index in [1.165, 1.54) is 0 Å². The molecular weight excluding hydrogens is 190 g/mol. The van der Waals surface area contributed by atoms with Crippen LogP contribution in [0.1, 0.15) is 0 Å². The lowest BCUT2D eigenvalue weighted by molar-refractivity contribution is 0.898. The second kappa shape index (κ2) is 4.57. The zero-order chi connectivity index (χ0) is 8.97. The van der Waals surface area contributed by atoms with E-state index in [0.29, 0.717) is 0 Å². The predicted molar refractivity (Wildman–Crippen MR) is 55.1 cm³/mol. The van der Waals surface area contributed by atoms with Crippen LogP contribution < -0.4 is 5.32 Å². The van der Waals surface area contributed by atoms with Crippen LogP contribution in [-0.2, 0) is 0 Å². The molecule has 0 saturated carbocycles. The van der Waals surface area contributed by atoms with Crippen molar-refractivity contribution in [1.29, 1.82) is 0 Å². The minimum absolute atomic E-state index is 0.811. The van der Waals surface area contributed by atoms with E-state index in [4.69, 9.17) is 0 Å². The molecule has 0 unspecified atom stereocenters. The van der Waals surface area contributed by atoms with Crippen LogP contribution in [0.4, 0.5) is 5.82 Å². The van der Waals surface area contributed by atoms with Crippen molar-refractivity contribution in [3.63, 3.8) is 0 Å². The van der Waals surface area contributed by atoms with Gasteiger partial charge in [-0.05, 0) is 12.5 Å². The van der Waals surface area contributed by atoms with Gasteiger partial charge < -0.3 is 5.32 Å². The quantitative estimate of drug-likeness (QED) is 0.460. The Morgan fingerprint density at radius 2 is 2.00 bits per heavy atom. The Bertz CT molecular complexity index is 210. The summed E-state index contributed by atoms with van der Waals surface area (Å²) >= 11 is 3.18. The van der Waals surface area contributed by atoms with Crippen LogP contribution in [0.2, 0.25) is 0 Å². The van der Waals surface area contributed by atoms with E-state index in [0.717, 1.165) is 16.0 Å². The number of nitrogens with one attached hydrogen (secondary N) is 1. The Morgan fingerprint density at radius 3 is 2.50 bits per heavy atom. The van der Waals surface area contributed by atoms with E-state index in [-0.39, 0.29) is 0 Å². The number of nitrogens with zero attached hydrogens (tertiary/aromatic N) is 2. The minimum atomic E-state index is 0.811. The van der Waals surface area contributed by atoms with Gasteiger partial charge in [-0.2, -0.15) is 0 Å². The number of hydrogen-bond donors (Lipinski definition) is 1. The van der Waals surface area contributed by atoms with Crippen molar-refractivity contribution in [3.05, 3.63) is 6.07 Å². The first-order chi connectivity index (χ1) is 5.80. The average Bonchev–Trinajstić information content (AvgIpc) is 2.16. The molecule has 0 fully saturated rings. The van der Waals surface area contributed by atoms with Gasteiger partial charge in [0.2, 0.25) is 0 Å². The Kier molecular flexibility index (Phi) is 3.68. The van der Waals surface area contributed by atoms with E-state index in [9.17, 15) is 0 Å². The van der Waals surface area contributed by atoms with Crippen LogP contribution >= 0.6 is 23.5 Å². The van der Waals surface area contributed by atoms with Gasteiger partial charge in [0.25, 0.3) is 0 Å². The Hall–Kier alpha value is -0.420. The van der Waals surface area contributed by atoms with Crippen LogP contribution in [-0.4, -0.2) is 29.5 Å². The molecule has 0 aromatic carbocycles. The fourth-order valence-electron chi connectivity index (χ4n) is 0.728. The predicted octanol–water partition coefficient (Wildman–Crippen LogP) is 1.96. The van der Waals surface area contributed by atoms with Gasteiger partial charge in [-0.25, -0.2) is 9.97 Å². The molecular formula is C7H11N3S2. The SMILES string of the molecule is CNc1cc(SC)nc(SC)n1. The number of anilines is 1. The third-order valence-electron chi connectivity index (χ3n) is 1.33. The molecule has 0 amide bonds. The van der Waals surface area contributed by atoms with E-state index in [1.807, 2.05) is 25.6 Å². The summed E-state index contributed by atoms with van der Waals surface area (Å²) in [5.74, 6) is 0.874. The number of aromatic nitrogens is 2. The summed E-state index contributed by atoms with van der Waals surface area (Å²) in [5.41, 5.74) is 0. The molecule has 0 bridgehead atoms. The first kappa shape index (κ1) is 9.67. The molecule has 1 heterocycles. The molecule has 0 radical (unpaired) electrons. The van der Waals surface area contributed by atoms with Gasteiger partial charge in [0.15, 0.2) is 5.16 Å². The Morgan fingerprint density at radius 1 is 1.25 bits per heavy atom. The molecule has 12 heavy (non-hydrogen) atoms. The van der Waals surface area contributed by atoms with E-state index in [2.05, 4.69) is 15.3 Å². The van der Waals surface area contributed by atoms with Gasteiger partial charge in [0.1, 0.15) is 10.8 Å². The van der Waals surface area contributed by atoms with Crippen molar-refractivity contribution >= 4 is 29.3 Å². The molecule has 1 N–H and O–H groups in total. The van der Waals surface area contributed by atoms with E-state index < -0.39 is 0 Å². The van der Waals surface area contributed by atoms with Gasteiger partial charge in [-0.15, -0.1) is 11.8 Å². The third-order valence-corrected chi connectivity index (χ3v) is 2.51. The largest absolute Gasteiger partial charge is 0.373 e. The Labute approximate surface area is 80.8 Å². The summed E-state index contributed by atoms with van der Waals surface area (Å²) in [6, 6.07) is 1.93. The molecule has 66 valence electrons. The highest BCUT2D eigenvalue weighted by Gasteiger charge is 2.00. The molecule has 0 aliphatic heterocycles. The zero-order valence-electron chi connectivity index (χ0n) is 7.29. The van der Waals surface area contributed by atoms with Crippen LogP contribution in [0.3, 0.4) is 0 Å². The third kappa shape index (κ3) is 2.28. The van der Waals surface area contributed by atoms with Gasteiger partial charge in [-0.1, -0.05) is 11.8 Å². The average molecular weight is 201 g/mol. The van der Waals surface area contributed by atoms with Crippen LogP contribution in [0.15, 0.2) is 16.2 Å². The molecule has 5 heteroatoms. The van der Waals surface area contributed by atoms with Crippen LogP contribution in [0.5, 0.6) is 0 Å². The van der Waals surface area contributed by atoms with Crippen molar-refractivity contribution in [3.8, 4) is 0 Å². The fourth-order valence-corrected chi connectivity index (χ4v) is 1.57. The van der Waals surface area contributed by atoms with Crippen molar-refractivity contribution in [1.82, 2.24) is 9.97 Å². The molecule has 0 aliphatic rings. The van der Waals surface area contributed by atoms with E-state index >= 15 is 0 Å². The molecule has 0 saturated heterocycles. The molecule has 0 aliphatic carbocycles. The second-order valence-electron chi connectivity index (χ2n) is 2.03. The smallest absolute Gasteiger partial charge is 0.190 e. The van der Waals surface area contributed by atoms with Crippen LogP contribution in [0.25, 0.3) is 0 Å². The first-order valence-corrected chi connectivity index (χ1v) is 5.90. The highest BCUT2D eigenvalue weighted by atomic mass is 32.2. The normalized spacial score (nSPS) is 9.92. The van der Waals surface area contributed by atoms with Gasteiger partial charge >= 0.3 is 0 Å². The molecule has 1 rings (SSSR count). The van der Waals surface area contributed by atoms with Crippen molar-refractivity contribution in [2.45, 2.75) is 10.2 Å². The summed E-state index contributed by atoms with van der Waals surface area (Å²) in [4.78, 5) is 8.54. The van der Waals surface area contributed by atoms with Crippen molar-refractivity contribution in [2.75, 3.05) is 24.9 Å². The van der Waals surface area contributed by atoms with Crippen LogP contribution in [0, 0.1) is 0 Å². The zero-order valence-corrected chi connectivity index (χ0v) is 8.92. The molecule has 1 aromatic rings. The monoisotopic (exact) mass is 201 g/mol. The summed E-state index contributed by atoms with van der Waals surface area (Å²) in [6.07, 6.45) is 3.98. The summed E-state index contributed by atoms with van der Waals surface area (Å²) in [5, 5.41) is 4.81. The topological polar surface area (TPSA) is 37.8 Å². The van der Waals surface area contributed by atoms with Crippen molar-refractivity contribution in [2.24, 2.45) is 0 Å². The standard InChI is InChI=1S/C7H11N3S2/c1-8-5-4-6(11-2)10-7(9-5)12-3/h4H,1-3H3,(H,8,9,10). The second-order valence-corrected chi connectivity index (χ2v) is 3.63. The highest BCUT2D eigenvalue weighted by molar-refractivity contribution is 7.99. The lowest BCUT2D eigenvalue weighted by atomic mass is 10.6. The summed E-state index contributed by atoms with van der Waals surface area (Å²) in [7, 11) is 1.86. The van der Waals surface area contributed by atoms with Gasteiger partial charge in [0.05, 0.1) is 0 Å². The summed E-state index contributed by atoms with van der Waals surface area (Å²) < 4.78 is 0. The maximum absolute atomic E-state index is 4.29. The minimum Gasteiger partial charge on any atom is -0.373 e. The lowest BCUT2D eigenvalue weighted by Gasteiger charge is -2.03. The van der Waals surface area contributed by atoms with Crippen molar-refractivity contribution < 1.29 is 0 Å². The molecule has 3 nitrogen and oxygen atoms in total. The summed E-state index contributed by atoms with van der Waals surface area (Å²) in [6.45, 7) is 0. The maximum atomic E-state index is 4.29. The number of hydrogen-bond acceptors (Lipinski definition) is 5. The molecule has 1 aromatic heterocycles. The number of thioether (sulfide) groups is 2. The maximum Gasteiger partial charge on any atom is 0.190 e. The van der Waals surface area contributed by atoms with Gasteiger partial charge in [-0.3, -0.25) is 0 Å². The number of rotatable bonds is 3. The van der Waals surface area contributed by atoms with E-state index in [1.54, 1.807) is 23.5 Å². The lowest BCUT2D eigenvalue weighted by Crippen LogP contribution is -1.96. The fraction of sp³-hybridized carbons (Fsp3) is 0.429. The molecule has 0 spiro atoms.